The summed E-state index contributed by atoms with van der Waals surface area (Å²) in [6.45, 7) is 10.00. The average Bonchev–Trinajstić information content (AvgIpc) is 3.39. The van der Waals surface area contributed by atoms with Gasteiger partial charge in [-0.15, -0.1) is 0 Å². The van der Waals surface area contributed by atoms with E-state index in [-0.39, 0.29) is 0 Å². The molecule has 0 spiro atoms. The molecule has 0 radical (unpaired) electrons. The molecule has 0 bridgehead atoms. The molecule has 1 N–H and O–H groups in total. The van der Waals surface area contributed by atoms with E-state index in [1.807, 2.05) is 0 Å². The minimum absolute atomic E-state index is 0.540. The van der Waals surface area contributed by atoms with Crippen molar-refractivity contribution < 1.29 is 0 Å². The topological polar surface area (TPSA) is 15.3 Å². The number of hydrogen-bond acceptors (Lipinski definition) is 2. The van der Waals surface area contributed by atoms with Gasteiger partial charge in [0.25, 0.3) is 0 Å². The molecule has 120 valence electrons. The molecule has 2 unspecified atom stereocenters. The fraction of sp³-hybridized carbons (Fsp3) is 0.700. The number of rotatable bonds is 6. The van der Waals surface area contributed by atoms with Crippen LogP contribution < -0.4 is 5.32 Å². The molecule has 2 atom stereocenters. The van der Waals surface area contributed by atoms with Crippen molar-refractivity contribution in [1.29, 1.82) is 0 Å². The second-order valence-corrected chi connectivity index (χ2v) is 8.87. The molecule has 2 nitrogen and oxygen atoms in total. The zero-order valence-electron chi connectivity index (χ0n) is 14.1. The van der Waals surface area contributed by atoms with Gasteiger partial charge in [-0.05, 0) is 48.6 Å². The van der Waals surface area contributed by atoms with Gasteiger partial charge >= 0.3 is 0 Å². The molecule has 2 saturated carbocycles. The summed E-state index contributed by atoms with van der Waals surface area (Å²) >= 11 is 0. The third-order valence-electron chi connectivity index (χ3n) is 6.03. The van der Waals surface area contributed by atoms with Crippen LogP contribution in [-0.4, -0.2) is 37.1 Å². The summed E-state index contributed by atoms with van der Waals surface area (Å²) in [4.78, 5) is 2.72. The van der Waals surface area contributed by atoms with Crippen LogP contribution in [0.5, 0.6) is 0 Å². The largest absolute Gasteiger partial charge is 0.313 e. The van der Waals surface area contributed by atoms with Gasteiger partial charge in [-0.2, -0.15) is 0 Å². The summed E-state index contributed by atoms with van der Waals surface area (Å²) in [5, 5.41) is 3.88. The van der Waals surface area contributed by atoms with Gasteiger partial charge in [0.15, 0.2) is 0 Å². The Labute approximate surface area is 135 Å². The van der Waals surface area contributed by atoms with Crippen LogP contribution in [0.1, 0.15) is 51.0 Å². The Bertz CT molecular complexity index is 518. The standard InChI is InChI=1S/C20H30N2/c1-19(2)10-11-22(14-19)15-20(8-9-20)13-21-18-12-17(18)16-6-4-3-5-7-16/h3-7,17-18,21H,8-15H2,1-2H3. The van der Waals surface area contributed by atoms with Gasteiger partial charge in [-0.25, -0.2) is 0 Å². The Hall–Kier alpha value is -0.860. The van der Waals surface area contributed by atoms with Crippen LogP contribution in [0.2, 0.25) is 0 Å². The van der Waals surface area contributed by atoms with Crippen molar-refractivity contribution >= 4 is 0 Å². The number of hydrogen-bond donors (Lipinski definition) is 1. The molecule has 1 saturated heterocycles. The first-order valence-corrected chi connectivity index (χ1v) is 9.06. The normalized spacial score (nSPS) is 32.1. The first-order valence-electron chi connectivity index (χ1n) is 9.06. The molecule has 1 aliphatic heterocycles. The Balaban J connectivity index is 1.25. The van der Waals surface area contributed by atoms with Crippen LogP contribution >= 0.6 is 0 Å². The fourth-order valence-corrected chi connectivity index (χ4v) is 4.24. The maximum absolute atomic E-state index is 3.88. The van der Waals surface area contributed by atoms with Crippen LogP contribution in [0.3, 0.4) is 0 Å². The molecule has 0 amide bonds. The van der Waals surface area contributed by atoms with E-state index in [1.54, 1.807) is 0 Å². The monoisotopic (exact) mass is 298 g/mol. The van der Waals surface area contributed by atoms with E-state index in [2.05, 4.69) is 54.4 Å². The van der Waals surface area contributed by atoms with Crippen molar-refractivity contribution in [3.05, 3.63) is 35.9 Å². The Morgan fingerprint density at radius 3 is 2.55 bits per heavy atom. The first-order chi connectivity index (χ1) is 10.6. The Kier molecular flexibility index (Phi) is 3.58. The third kappa shape index (κ3) is 3.23. The highest BCUT2D eigenvalue weighted by Crippen LogP contribution is 2.48. The lowest BCUT2D eigenvalue weighted by atomic mass is 9.93. The molecular weight excluding hydrogens is 268 g/mol. The summed E-state index contributed by atoms with van der Waals surface area (Å²) in [7, 11) is 0. The van der Waals surface area contributed by atoms with Crippen LogP contribution in [0, 0.1) is 10.8 Å². The quantitative estimate of drug-likeness (QED) is 0.862. The van der Waals surface area contributed by atoms with Crippen molar-refractivity contribution in [1.82, 2.24) is 10.2 Å². The van der Waals surface area contributed by atoms with Crippen molar-refractivity contribution in [3.63, 3.8) is 0 Å². The Morgan fingerprint density at radius 2 is 1.91 bits per heavy atom. The van der Waals surface area contributed by atoms with E-state index in [9.17, 15) is 0 Å². The fourth-order valence-electron chi connectivity index (χ4n) is 4.24. The lowest BCUT2D eigenvalue weighted by Gasteiger charge is -2.25. The van der Waals surface area contributed by atoms with Gasteiger partial charge in [-0.1, -0.05) is 44.2 Å². The lowest BCUT2D eigenvalue weighted by molar-refractivity contribution is 0.233. The van der Waals surface area contributed by atoms with Crippen LogP contribution in [-0.2, 0) is 0 Å². The minimum atomic E-state index is 0.540. The summed E-state index contributed by atoms with van der Waals surface area (Å²) in [5.41, 5.74) is 2.66. The van der Waals surface area contributed by atoms with E-state index in [4.69, 9.17) is 0 Å². The van der Waals surface area contributed by atoms with Gasteiger partial charge in [-0.3, -0.25) is 0 Å². The van der Waals surface area contributed by atoms with Gasteiger partial charge in [0.1, 0.15) is 0 Å². The summed E-state index contributed by atoms with van der Waals surface area (Å²) in [6.07, 6.45) is 5.56. The highest BCUT2D eigenvalue weighted by molar-refractivity contribution is 5.27. The second-order valence-electron chi connectivity index (χ2n) is 8.87. The van der Waals surface area contributed by atoms with Crippen LogP contribution in [0.4, 0.5) is 0 Å². The molecule has 2 aliphatic carbocycles. The highest BCUT2D eigenvalue weighted by Gasteiger charge is 2.47. The van der Waals surface area contributed by atoms with Crippen molar-refractivity contribution in [3.8, 4) is 0 Å². The molecule has 1 aromatic carbocycles. The van der Waals surface area contributed by atoms with Crippen molar-refractivity contribution in [2.75, 3.05) is 26.2 Å². The van der Waals surface area contributed by atoms with Crippen LogP contribution in [0.15, 0.2) is 30.3 Å². The molecule has 0 aromatic heterocycles. The van der Waals surface area contributed by atoms with Gasteiger partial charge < -0.3 is 10.2 Å². The number of likely N-dealkylation sites (tertiary alicyclic amines) is 1. The highest BCUT2D eigenvalue weighted by atomic mass is 15.2. The Morgan fingerprint density at radius 1 is 1.14 bits per heavy atom. The minimum Gasteiger partial charge on any atom is -0.313 e. The van der Waals surface area contributed by atoms with E-state index < -0.39 is 0 Å². The van der Waals surface area contributed by atoms with Gasteiger partial charge in [0.05, 0.1) is 0 Å². The number of nitrogens with zero attached hydrogens (tertiary/aromatic N) is 1. The predicted octanol–water partition coefficient (Wildman–Crippen LogP) is 3.64. The average molecular weight is 298 g/mol. The first kappa shape index (κ1) is 14.7. The summed E-state index contributed by atoms with van der Waals surface area (Å²) in [5.74, 6) is 0.766. The van der Waals surface area contributed by atoms with E-state index in [0.717, 1.165) is 12.0 Å². The molecule has 2 heteroatoms. The number of nitrogens with one attached hydrogen (secondary N) is 1. The van der Waals surface area contributed by atoms with E-state index in [1.165, 1.54) is 57.4 Å². The number of benzene rings is 1. The second kappa shape index (κ2) is 5.35. The third-order valence-corrected chi connectivity index (χ3v) is 6.03. The van der Waals surface area contributed by atoms with Gasteiger partial charge in [0, 0.05) is 31.6 Å². The smallest absolute Gasteiger partial charge is 0.0143 e. The van der Waals surface area contributed by atoms with Gasteiger partial charge in [0.2, 0.25) is 0 Å². The predicted molar refractivity (Wildman–Crippen MR) is 92.1 cm³/mol. The summed E-state index contributed by atoms with van der Waals surface area (Å²) in [6, 6.07) is 11.8. The SMILES string of the molecule is CC1(C)CCN(CC2(CNC3CC3c3ccccc3)CC2)C1. The lowest BCUT2D eigenvalue weighted by Crippen LogP contribution is -2.36. The molecular formula is C20H30N2. The molecule has 3 fully saturated rings. The van der Waals surface area contributed by atoms with Crippen molar-refractivity contribution in [2.45, 2.75) is 51.5 Å². The molecule has 1 aromatic rings. The summed E-state index contributed by atoms with van der Waals surface area (Å²) < 4.78 is 0. The molecule has 4 rings (SSSR count). The zero-order valence-corrected chi connectivity index (χ0v) is 14.1. The van der Waals surface area contributed by atoms with Crippen molar-refractivity contribution in [2.24, 2.45) is 10.8 Å². The van der Waals surface area contributed by atoms with E-state index >= 15 is 0 Å². The maximum atomic E-state index is 3.88. The molecule has 3 aliphatic rings. The maximum Gasteiger partial charge on any atom is 0.0143 e. The molecule has 22 heavy (non-hydrogen) atoms. The van der Waals surface area contributed by atoms with E-state index in [0.29, 0.717) is 10.8 Å². The zero-order chi connectivity index (χ0) is 15.2. The van der Waals surface area contributed by atoms with Crippen LogP contribution in [0.25, 0.3) is 0 Å². The molecule has 1 heterocycles.